The molecule has 0 aliphatic rings. The van der Waals surface area contributed by atoms with Gasteiger partial charge in [0, 0.05) is 10.4 Å². The molecule has 0 atom stereocenters. The molecule has 1 N–H and O–H groups in total. The zero-order valence-electron chi connectivity index (χ0n) is 10.1. The number of nitrogens with one attached hydrogen (secondary N) is 1. The van der Waals surface area contributed by atoms with Crippen LogP contribution in [0.25, 0.3) is 0 Å². The number of carbonyl (C=O) groups excluding carboxylic acids is 2. The van der Waals surface area contributed by atoms with E-state index in [1.165, 1.54) is 18.3 Å². The lowest BCUT2D eigenvalue weighted by atomic mass is 10.1. The van der Waals surface area contributed by atoms with Gasteiger partial charge in [0.05, 0.1) is 11.3 Å². The van der Waals surface area contributed by atoms with Gasteiger partial charge in [-0.25, -0.2) is 0 Å². The highest BCUT2D eigenvalue weighted by Gasteiger charge is 2.15. The number of ketones is 1. The molecule has 1 aromatic heterocycles. The molecule has 0 fully saturated rings. The highest BCUT2D eigenvalue weighted by Crippen LogP contribution is 2.17. The largest absolute Gasteiger partial charge is 0.351 e. The van der Waals surface area contributed by atoms with E-state index in [4.69, 9.17) is 0 Å². The summed E-state index contributed by atoms with van der Waals surface area (Å²) in [5, 5.41) is 2.89. The monoisotopic (exact) mass is 239 g/mol. The van der Waals surface area contributed by atoms with E-state index >= 15 is 0 Å². The van der Waals surface area contributed by atoms with Gasteiger partial charge < -0.3 is 5.32 Å². The Balaban J connectivity index is 2.60. The first-order valence-electron chi connectivity index (χ1n) is 5.18. The third-order valence-corrected chi connectivity index (χ3v) is 3.04. The number of Topliss-reactive ketones (excluding diaryl/α,β-unsaturated/α-hetero) is 1. The average Bonchev–Trinajstić information content (AvgIpc) is 2.48. The molecule has 1 amide bonds. The molecule has 1 heterocycles. The maximum Gasteiger partial charge on any atom is 0.225 e. The van der Waals surface area contributed by atoms with Gasteiger partial charge in [0.2, 0.25) is 5.91 Å². The standard InChI is InChI=1S/C12H17NO2S/c1-8(14)10-6-5-9(16-10)7-11(15)13-12(2,3)4/h5-6H,7H2,1-4H3,(H,13,15). The summed E-state index contributed by atoms with van der Waals surface area (Å²) in [5.74, 6) is 0.0388. The predicted molar refractivity (Wildman–Crippen MR) is 65.9 cm³/mol. The first kappa shape index (κ1) is 12.9. The van der Waals surface area contributed by atoms with Gasteiger partial charge in [0.25, 0.3) is 0 Å². The number of carbonyl (C=O) groups is 2. The molecule has 0 bridgehead atoms. The van der Waals surface area contributed by atoms with E-state index in [9.17, 15) is 9.59 Å². The molecule has 0 aromatic carbocycles. The summed E-state index contributed by atoms with van der Waals surface area (Å²) in [4.78, 5) is 24.3. The van der Waals surface area contributed by atoms with Crippen molar-refractivity contribution in [2.24, 2.45) is 0 Å². The van der Waals surface area contributed by atoms with Gasteiger partial charge in [0.15, 0.2) is 5.78 Å². The van der Waals surface area contributed by atoms with E-state index in [1.807, 2.05) is 26.8 Å². The molecule has 88 valence electrons. The number of amides is 1. The number of rotatable bonds is 3. The zero-order valence-corrected chi connectivity index (χ0v) is 10.9. The van der Waals surface area contributed by atoms with Gasteiger partial charge in [0.1, 0.15) is 0 Å². The summed E-state index contributed by atoms with van der Waals surface area (Å²) in [6.45, 7) is 7.37. The molecule has 1 aromatic rings. The second kappa shape index (κ2) is 4.78. The van der Waals surface area contributed by atoms with Crippen LogP contribution in [0.5, 0.6) is 0 Å². The fourth-order valence-corrected chi connectivity index (χ4v) is 2.18. The van der Waals surface area contributed by atoms with Crippen LogP contribution in [0.4, 0.5) is 0 Å². The molecule has 16 heavy (non-hydrogen) atoms. The summed E-state index contributed by atoms with van der Waals surface area (Å²) in [6.07, 6.45) is 0.342. The Labute approximate surface area is 99.9 Å². The summed E-state index contributed by atoms with van der Waals surface area (Å²) in [6, 6.07) is 3.61. The second-order valence-electron chi connectivity index (χ2n) is 4.80. The molecular weight excluding hydrogens is 222 g/mol. The van der Waals surface area contributed by atoms with E-state index in [0.717, 1.165) is 4.88 Å². The summed E-state index contributed by atoms with van der Waals surface area (Å²) >= 11 is 1.38. The van der Waals surface area contributed by atoms with Crippen molar-refractivity contribution in [2.45, 2.75) is 39.7 Å². The van der Waals surface area contributed by atoms with Crippen molar-refractivity contribution < 1.29 is 9.59 Å². The lowest BCUT2D eigenvalue weighted by Crippen LogP contribution is -2.41. The smallest absolute Gasteiger partial charge is 0.225 e. The van der Waals surface area contributed by atoms with E-state index in [1.54, 1.807) is 6.07 Å². The topological polar surface area (TPSA) is 46.2 Å². The molecule has 0 radical (unpaired) electrons. The highest BCUT2D eigenvalue weighted by molar-refractivity contribution is 7.14. The summed E-state index contributed by atoms with van der Waals surface area (Å²) in [5.41, 5.74) is -0.211. The molecule has 0 aliphatic heterocycles. The van der Waals surface area contributed by atoms with Gasteiger partial charge in [-0.05, 0) is 39.8 Å². The maximum absolute atomic E-state index is 11.6. The van der Waals surface area contributed by atoms with Gasteiger partial charge in [-0.2, -0.15) is 0 Å². The molecular formula is C12H17NO2S. The van der Waals surface area contributed by atoms with Gasteiger partial charge in [-0.1, -0.05) is 0 Å². The normalized spacial score (nSPS) is 11.2. The van der Waals surface area contributed by atoms with Gasteiger partial charge in [-0.3, -0.25) is 9.59 Å². The molecule has 0 aliphatic carbocycles. The Morgan fingerprint density at radius 3 is 2.38 bits per heavy atom. The molecule has 0 saturated heterocycles. The Morgan fingerprint density at radius 1 is 1.31 bits per heavy atom. The fraction of sp³-hybridized carbons (Fsp3) is 0.500. The first-order chi connectivity index (χ1) is 7.28. The van der Waals surface area contributed by atoms with Crippen LogP contribution < -0.4 is 5.32 Å². The Bertz CT molecular complexity index is 401. The lowest BCUT2D eigenvalue weighted by molar-refractivity contribution is -0.121. The van der Waals surface area contributed by atoms with Crippen LogP contribution in [0.15, 0.2) is 12.1 Å². The third kappa shape index (κ3) is 4.14. The van der Waals surface area contributed by atoms with Crippen molar-refractivity contribution >= 4 is 23.0 Å². The Morgan fingerprint density at radius 2 is 1.94 bits per heavy atom. The zero-order chi connectivity index (χ0) is 12.3. The third-order valence-electron chi connectivity index (χ3n) is 1.86. The minimum absolute atomic E-state index is 0.00977. The van der Waals surface area contributed by atoms with Crippen molar-refractivity contribution in [3.8, 4) is 0 Å². The van der Waals surface area contributed by atoms with Crippen molar-refractivity contribution in [1.29, 1.82) is 0 Å². The molecule has 0 unspecified atom stereocenters. The van der Waals surface area contributed by atoms with Gasteiger partial charge in [-0.15, -0.1) is 11.3 Å². The summed E-state index contributed by atoms with van der Waals surface area (Å²) in [7, 11) is 0. The molecule has 3 nitrogen and oxygen atoms in total. The van der Waals surface area contributed by atoms with E-state index < -0.39 is 0 Å². The van der Waals surface area contributed by atoms with Crippen LogP contribution in [-0.2, 0) is 11.2 Å². The van der Waals surface area contributed by atoms with Crippen LogP contribution >= 0.6 is 11.3 Å². The predicted octanol–water partition coefficient (Wildman–Crippen LogP) is 2.41. The first-order valence-corrected chi connectivity index (χ1v) is 6.00. The van der Waals surface area contributed by atoms with E-state index in [0.29, 0.717) is 11.3 Å². The highest BCUT2D eigenvalue weighted by atomic mass is 32.1. The number of hydrogen-bond donors (Lipinski definition) is 1. The average molecular weight is 239 g/mol. The van der Waals surface area contributed by atoms with Crippen LogP contribution in [0, 0.1) is 0 Å². The van der Waals surface area contributed by atoms with Crippen LogP contribution in [0.3, 0.4) is 0 Å². The van der Waals surface area contributed by atoms with Crippen molar-refractivity contribution in [1.82, 2.24) is 5.32 Å². The minimum atomic E-state index is -0.211. The van der Waals surface area contributed by atoms with E-state index in [-0.39, 0.29) is 17.2 Å². The van der Waals surface area contributed by atoms with Crippen LogP contribution in [-0.4, -0.2) is 17.2 Å². The molecule has 1 rings (SSSR count). The minimum Gasteiger partial charge on any atom is -0.351 e. The van der Waals surface area contributed by atoms with Crippen molar-refractivity contribution in [2.75, 3.05) is 0 Å². The van der Waals surface area contributed by atoms with Crippen LogP contribution in [0.1, 0.15) is 42.2 Å². The quantitative estimate of drug-likeness (QED) is 0.823. The Kier molecular flexibility index (Phi) is 3.86. The number of hydrogen-bond acceptors (Lipinski definition) is 3. The second-order valence-corrected chi connectivity index (χ2v) is 5.97. The number of thiophene rings is 1. The van der Waals surface area contributed by atoms with Gasteiger partial charge >= 0.3 is 0 Å². The molecule has 0 saturated carbocycles. The van der Waals surface area contributed by atoms with Crippen molar-refractivity contribution in [3.05, 3.63) is 21.9 Å². The van der Waals surface area contributed by atoms with Crippen LogP contribution in [0.2, 0.25) is 0 Å². The maximum atomic E-state index is 11.6. The lowest BCUT2D eigenvalue weighted by Gasteiger charge is -2.20. The molecule has 4 heteroatoms. The Hall–Kier alpha value is -1.16. The summed E-state index contributed by atoms with van der Waals surface area (Å²) < 4.78 is 0. The fourth-order valence-electron chi connectivity index (χ4n) is 1.28. The van der Waals surface area contributed by atoms with Crippen molar-refractivity contribution in [3.63, 3.8) is 0 Å². The van der Waals surface area contributed by atoms with E-state index in [2.05, 4.69) is 5.32 Å². The molecule has 0 spiro atoms. The SMILES string of the molecule is CC(=O)c1ccc(CC(=O)NC(C)(C)C)s1.